The third-order valence-electron chi connectivity index (χ3n) is 6.27. The molecule has 2 aliphatic heterocycles. The fraction of sp³-hybridized carbons (Fsp3) is 0.375. The van der Waals surface area contributed by atoms with Crippen molar-refractivity contribution in [3.05, 3.63) is 65.7 Å². The summed E-state index contributed by atoms with van der Waals surface area (Å²) in [4.78, 5) is 42.6. The number of nitrogens with one attached hydrogen (secondary N) is 1. The van der Waals surface area contributed by atoms with Crippen molar-refractivity contribution in [2.45, 2.75) is 44.7 Å². The lowest BCUT2D eigenvalue weighted by Crippen LogP contribution is -2.59. The maximum absolute atomic E-state index is 13.2. The van der Waals surface area contributed by atoms with Crippen LogP contribution in [0.2, 0.25) is 0 Å². The number of hydrogen-bond donors (Lipinski definition) is 1. The van der Waals surface area contributed by atoms with E-state index in [-0.39, 0.29) is 17.7 Å². The monoisotopic (exact) mass is 405 g/mol. The summed E-state index contributed by atoms with van der Waals surface area (Å²) >= 11 is 0. The average Bonchev–Trinajstić information content (AvgIpc) is 3.37. The second-order valence-electron chi connectivity index (χ2n) is 8.26. The topological polar surface area (TPSA) is 69.7 Å². The molecule has 3 amide bonds. The Labute approximate surface area is 176 Å². The number of amides is 3. The molecule has 2 heterocycles. The first kappa shape index (κ1) is 20.1. The van der Waals surface area contributed by atoms with E-state index in [4.69, 9.17) is 0 Å². The van der Waals surface area contributed by atoms with Crippen LogP contribution < -0.4 is 10.2 Å². The molecule has 2 aromatic carbocycles. The maximum Gasteiger partial charge on any atom is 0.254 e. The van der Waals surface area contributed by atoms with Crippen LogP contribution in [0.5, 0.6) is 0 Å². The standard InChI is InChI=1S/C24H27N3O3/c1-17(21(28)26-16-13-18-9-6-7-12-20(18)26)25-23(30)24(2)14-8-15-27(24)22(29)19-10-4-3-5-11-19/h3-7,9-12,17H,8,13-16H2,1-2H3,(H,25,30). The zero-order valence-corrected chi connectivity index (χ0v) is 17.4. The van der Waals surface area contributed by atoms with Gasteiger partial charge >= 0.3 is 0 Å². The molecule has 0 aliphatic carbocycles. The molecule has 30 heavy (non-hydrogen) atoms. The first-order valence-electron chi connectivity index (χ1n) is 10.5. The van der Waals surface area contributed by atoms with Gasteiger partial charge in [-0.25, -0.2) is 0 Å². The number of likely N-dealkylation sites (tertiary alicyclic amines) is 1. The molecule has 2 aliphatic rings. The summed E-state index contributed by atoms with van der Waals surface area (Å²) in [6, 6.07) is 16.2. The number of anilines is 1. The Morgan fingerprint density at radius 2 is 1.70 bits per heavy atom. The second kappa shape index (κ2) is 7.94. The minimum Gasteiger partial charge on any atom is -0.343 e. The first-order valence-corrected chi connectivity index (χ1v) is 10.5. The number of rotatable bonds is 4. The molecular formula is C24H27N3O3. The summed E-state index contributed by atoms with van der Waals surface area (Å²) in [5, 5.41) is 2.88. The van der Waals surface area contributed by atoms with Gasteiger partial charge in [0.25, 0.3) is 5.91 Å². The highest BCUT2D eigenvalue weighted by atomic mass is 16.2. The van der Waals surface area contributed by atoms with Gasteiger partial charge < -0.3 is 15.1 Å². The van der Waals surface area contributed by atoms with Crippen LogP contribution in [0.25, 0.3) is 0 Å². The molecule has 0 spiro atoms. The molecule has 2 unspecified atom stereocenters. The Kier molecular flexibility index (Phi) is 5.33. The second-order valence-corrected chi connectivity index (χ2v) is 8.26. The van der Waals surface area contributed by atoms with Gasteiger partial charge in [0.2, 0.25) is 11.8 Å². The summed E-state index contributed by atoms with van der Waals surface area (Å²) < 4.78 is 0. The third kappa shape index (κ3) is 3.47. The molecule has 0 saturated carbocycles. The van der Waals surface area contributed by atoms with Crippen molar-refractivity contribution >= 4 is 23.4 Å². The summed E-state index contributed by atoms with van der Waals surface area (Å²) in [7, 11) is 0. The van der Waals surface area contributed by atoms with Gasteiger partial charge in [-0.15, -0.1) is 0 Å². The fourth-order valence-electron chi connectivity index (χ4n) is 4.48. The number of hydrogen-bond acceptors (Lipinski definition) is 3. The quantitative estimate of drug-likeness (QED) is 0.850. The normalized spacial score (nSPS) is 21.3. The number of carbonyl (C=O) groups excluding carboxylic acids is 3. The van der Waals surface area contributed by atoms with Crippen molar-refractivity contribution in [3.8, 4) is 0 Å². The molecule has 0 radical (unpaired) electrons. The molecule has 1 fully saturated rings. The van der Waals surface area contributed by atoms with Gasteiger partial charge in [-0.1, -0.05) is 36.4 Å². The predicted octanol–water partition coefficient (Wildman–Crippen LogP) is 2.78. The lowest BCUT2D eigenvalue weighted by atomic mass is 9.96. The van der Waals surface area contributed by atoms with Gasteiger partial charge in [-0.05, 0) is 56.9 Å². The molecule has 6 heteroatoms. The molecule has 1 saturated heterocycles. The lowest BCUT2D eigenvalue weighted by molar-refractivity contribution is -0.133. The van der Waals surface area contributed by atoms with E-state index in [9.17, 15) is 14.4 Å². The fourth-order valence-corrected chi connectivity index (χ4v) is 4.48. The Morgan fingerprint density at radius 3 is 2.47 bits per heavy atom. The van der Waals surface area contributed by atoms with E-state index in [1.165, 1.54) is 0 Å². The van der Waals surface area contributed by atoms with Crippen LogP contribution in [0, 0.1) is 0 Å². The maximum atomic E-state index is 13.2. The van der Waals surface area contributed by atoms with Gasteiger partial charge in [0.15, 0.2) is 0 Å². The van der Waals surface area contributed by atoms with E-state index in [0.717, 1.165) is 24.1 Å². The molecule has 2 atom stereocenters. The molecule has 2 aromatic rings. The van der Waals surface area contributed by atoms with Crippen LogP contribution in [-0.4, -0.2) is 47.3 Å². The van der Waals surface area contributed by atoms with E-state index in [0.29, 0.717) is 25.1 Å². The SMILES string of the molecule is CC(NC(=O)C1(C)CCCN1C(=O)c1ccccc1)C(=O)N1CCc2ccccc21. The molecule has 6 nitrogen and oxygen atoms in total. The first-order chi connectivity index (χ1) is 14.4. The molecule has 156 valence electrons. The Bertz CT molecular complexity index is 975. The molecule has 4 rings (SSSR count). The zero-order chi connectivity index (χ0) is 21.3. The van der Waals surface area contributed by atoms with E-state index >= 15 is 0 Å². The molecule has 1 N–H and O–H groups in total. The van der Waals surface area contributed by atoms with Crippen molar-refractivity contribution < 1.29 is 14.4 Å². The largest absolute Gasteiger partial charge is 0.343 e. The highest BCUT2D eigenvalue weighted by molar-refractivity contribution is 6.03. The van der Waals surface area contributed by atoms with Crippen molar-refractivity contribution in [2.24, 2.45) is 0 Å². The predicted molar refractivity (Wildman–Crippen MR) is 115 cm³/mol. The van der Waals surface area contributed by atoms with E-state index in [2.05, 4.69) is 5.32 Å². The van der Waals surface area contributed by atoms with Crippen molar-refractivity contribution in [1.82, 2.24) is 10.2 Å². The minimum atomic E-state index is -0.968. The Hall–Kier alpha value is -3.15. The van der Waals surface area contributed by atoms with Crippen molar-refractivity contribution in [3.63, 3.8) is 0 Å². The highest BCUT2D eigenvalue weighted by Gasteiger charge is 2.46. The highest BCUT2D eigenvalue weighted by Crippen LogP contribution is 2.32. The molecule has 0 aromatic heterocycles. The number of nitrogens with zero attached hydrogens (tertiary/aromatic N) is 2. The Morgan fingerprint density at radius 1 is 1.00 bits per heavy atom. The minimum absolute atomic E-state index is 0.129. The van der Waals surface area contributed by atoms with Gasteiger partial charge in [0.05, 0.1) is 0 Å². The van der Waals surface area contributed by atoms with E-state index in [1.54, 1.807) is 35.8 Å². The van der Waals surface area contributed by atoms with Crippen LogP contribution in [0.4, 0.5) is 5.69 Å². The zero-order valence-electron chi connectivity index (χ0n) is 17.4. The summed E-state index contributed by atoms with van der Waals surface area (Å²) in [6.07, 6.45) is 2.15. The smallest absolute Gasteiger partial charge is 0.254 e. The van der Waals surface area contributed by atoms with E-state index < -0.39 is 11.6 Å². The third-order valence-corrected chi connectivity index (χ3v) is 6.27. The number of benzene rings is 2. The summed E-state index contributed by atoms with van der Waals surface area (Å²) in [5.41, 5.74) is 1.66. The van der Waals surface area contributed by atoms with Crippen molar-refractivity contribution in [2.75, 3.05) is 18.0 Å². The summed E-state index contributed by atoms with van der Waals surface area (Å²) in [5.74, 6) is -0.563. The van der Waals surface area contributed by atoms with Crippen molar-refractivity contribution in [1.29, 1.82) is 0 Å². The number of carbonyl (C=O) groups is 3. The van der Waals surface area contributed by atoms with Crippen LogP contribution >= 0.6 is 0 Å². The van der Waals surface area contributed by atoms with Gasteiger partial charge in [-0.3, -0.25) is 14.4 Å². The molecule has 0 bridgehead atoms. The van der Waals surface area contributed by atoms with Crippen LogP contribution in [0.1, 0.15) is 42.6 Å². The summed E-state index contributed by atoms with van der Waals surface area (Å²) in [6.45, 7) is 4.65. The van der Waals surface area contributed by atoms with E-state index in [1.807, 2.05) is 42.5 Å². The van der Waals surface area contributed by atoms with Gasteiger partial charge in [0, 0.05) is 24.3 Å². The number of para-hydroxylation sites is 1. The lowest BCUT2D eigenvalue weighted by Gasteiger charge is -2.35. The number of fused-ring (bicyclic) bond motifs is 1. The Balaban J connectivity index is 1.47. The van der Waals surface area contributed by atoms with Crippen LogP contribution in [-0.2, 0) is 16.0 Å². The van der Waals surface area contributed by atoms with Crippen LogP contribution in [0.3, 0.4) is 0 Å². The average molecular weight is 405 g/mol. The molecular weight excluding hydrogens is 378 g/mol. The van der Waals surface area contributed by atoms with Gasteiger partial charge in [-0.2, -0.15) is 0 Å². The van der Waals surface area contributed by atoms with Crippen LogP contribution in [0.15, 0.2) is 54.6 Å². The van der Waals surface area contributed by atoms with Gasteiger partial charge in [0.1, 0.15) is 11.6 Å².